The number of hydrogen-bond acceptors (Lipinski definition) is 5. The summed E-state index contributed by atoms with van der Waals surface area (Å²) in [6.45, 7) is 0. The zero-order chi connectivity index (χ0) is 14.8. The number of nitrogen functional groups attached to an aromatic ring is 1. The molecule has 0 unspecified atom stereocenters. The SMILES string of the molecule is Nc1cc(-c2nc(Cc3cc(F)cc(F)c3)no2)ccn1. The van der Waals surface area contributed by atoms with Gasteiger partial charge in [0, 0.05) is 24.2 Å². The maximum Gasteiger partial charge on any atom is 0.258 e. The van der Waals surface area contributed by atoms with Gasteiger partial charge in [-0.2, -0.15) is 4.98 Å². The standard InChI is InChI=1S/C14H10F2N4O/c15-10-3-8(4-11(16)7-10)5-13-19-14(21-20-13)9-1-2-18-12(17)6-9/h1-4,6-7H,5H2,(H2,17,18). The van der Waals surface area contributed by atoms with E-state index >= 15 is 0 Å². The highest BCUT2D eigenvalue weighted by Crippen LogP contribution is 2.19. The van der Waals surface area contributed by atoms with Crippen LogP contribution in [-0.2, 0) is 6.42 Å². The van der Waals surface area contributed by atoms with E-state index in [1.165, 1.54) is 18.3 Å². The molecule has 0 aliphatic carbocycles. The zero-order valence-electron chi connectivity index (χ0n) is 10.8. The Labute approximate surface area is 118 Å². The number of anilines is 1. The lowest BCUT2D eigenvalue weighted by atomic mass is 10.1. The van der Waals surface area contributed by atoms with Crippen LogP contribution in [0.1, 0.15) is 11.4 Å². The number of aromatic nitrogens is 3. The van der Waals surface area contributed by atoms with E-state index in [-0.39, 0.29) is 12.3 Å². The first-order chi connectivity index (χ1) is 10.1. The second-order valence-electron chi connectivity index (χ2n) is 4.44. The Kier molecular flexibility index (Phi) is 3.31. The van der Waals surface area contributed by atoms with Gasteiger partial charge in [0.15, 0.2) is 5.82 Å². The van der Waals surface area contributed by atoms with Crippen molar-refractivity contribution in [1.29, 1.82) is 0 Å². The number of rotatable bonds is 3. The van der Waals surface area contributed by atoms with Crippen LogP contribution in [0.5, 0.6) is 0 Å². The van der Waals surface area contributed by atoms with Gasteiger partial charge in [-0.1, -0.05) is 5.16 Å². The minimum atomic E-state index is -0.643. The predicted molar refractivity (Wildman–Crippen MR) is 71.1 cm³/mol. The molecule has 7 heteroatoms. The number of halogens is 2. The van der Waals surface area contributed by atoms with Gasteiger partial charge >= 0.3 is 0 Å². The van der Waals surface area contributed by atoms with E-state index < -0.39 is 11.6 Å². The molecule has 3 rings (SSSR count). The smallest absolute Gasteiger partial charge is 0.258 e. The average Bonchev–Trinajstić information content (AvgIpc) is 2.86. The van der Waals surface area contributed by atoms with Gasteiger partial charge in [0.25, 0.3) is 5.89 Å². The van der Waals surface area contributed by atoms with Crippen LogP contribution >= 0.6 is 0 Å². The fourth-order valence-electron chi connectivity index (χ4n) is 1.92. The van der Waals surface area contributed by atoms with E-state index in [9.17, 15) is 8.78 Å². The highest BCUT2D eigenvalue weighted by Gasteiger charge is 2.11. The van der Waals surface area contributed by atoms with E-state index in [0.29, 0.717) is 22.8 Å². The van der Waals surface area contributed by atoms with Crippen LogP contribution in [0.25, 0.3) is 11.5 Å². The summed E-state index contributed by atoms with van der Waals surface area (Å²) < 4.78 is 31.3. The van der Waals surface area contributed by atoms with E-state index in [2.05, 4.69) is 15.1 Å². The molecule has 3 aromatic rings. The van der Waals surface area contributed by atoms with Crippen molar-refractivity contribution in [3.8, 4) is 11.5 Å². The minimum Gasteiger partial charge on any atom is -0.384 e. The fourth-order valence-corrected chi connectivity index (χ4v) is 1.92. The van der Waals surface area contributed by atoms with Crippen molar-refractivity contribution in [3.63, 3.8) is 0 Å². The predicted octanol–water partition coefficient (Wildman–Crippen LogP) is 2.58. The van der Waals surface area contributed by atoms with E-state index in [4.69, 9.17) is 10.3 Å². The zero-order valence-corrected chi connectivity index (χ0v) is 10.8. The molecule has 0 radical (unpaired) electrons. The van der Waals surface area contributed by atoms with Crippen LogP contribution in [0.15, 0.2) is 41.1 Å². The Hall–Kier alpha value is -2.83. The van der Waals surface area contributed by atoms with Crippen molar-refractivity contribution >= 4 is 5.82 Å². The Morgan fingerprint density at radius 1 is 1.10 bits per heavy atom. The summed E-state index contributed by atoms with van der Waals surface area (Å²) in [6.07, 6.45) is 1.69. The molecule has 0 saturated heterocycles. The second-order valence-corrected chi connectivity index (χ2v) is 4.44. The minimum absolute atomic E-state index is 0.165. The molecule has 0 fully saturated rings. The first-order valence-electron chi connectivity index (χ1n) is 6.09. The normalized spacial score (nSPS) is 10.8. The van der Waals surface area contributed by atoms with E-state index in [1.807, 2.05) is 0 Å². The first kappa shape index (κ1) is 13.2. The van der Waals surface area contributed by atoms with Crippen molar-refractivity contribution in [1.82, 2.24) is 15.1 Å². The van der Waals surface area contributed by atoms with Crippen LogP contribution < -0.4 is 5.73 Å². The quantitative estimate of drug-likeness (QED) is 0.801. The highest BCUT2D eigenvalue weighted by molar-refractivity contribution is 5.56. The van der Waals surface area contributed by atoms with Gasteiger partial charge < -0.3 is 10.3 Å². The Morgan fingerprint density at radius 3 is 2.57 bits per heavy atom. The summed E-state index contributed by atoms with van der Waals surface area (Å²) >= 11 is 0. The fraction of sp³-hybridized carbons (Fsp3) is 0.0714. The van der Waals surface area contributed by atoms with E-state index in [1.54, 1.807) is 12.1 Å². The van der Waals surface area contributed by atoms with E-state index in [0.717, 1.165) is 6.07 Å². The molecule has 21 heavy (non-hydrogen) atoms. The molecular formula is C14H10F2N4O. The van der Waals surface area contributed by atoms with Crippen LogP contribution in [-0.4, -0.2) is 15.1 Å². The third kappa shape index (κ3) is 3.02. The number of benzene rings is 1. The molecule has 2 N–H and O–H groups in total. The lowest BCUT2D eigenvalue weighted by Gasteiger charge is -1.98. The van der Waals surface area contributed by atoms with Gasteiger partial charge in [0.2, 0.25) is 0 Å². The van der Waals surface area contributed by atoms with Crippen LogP contribution in [0.2, 0.25) is 0 Å². The van der Waals surface area contributed by atoms with Crippen LogP contribution in [0.4, 0.5) is 14.6 Å². The topological polar surface area (TPSA) is 77.8 Å². The summed E-state index contributed by atoms with van der Waals surface area (Å²) in [6, 6.07) is 6.53. The number of hydrogen-bond donors (Lipinski definition) is 1. The lowest BCUT2D eigenvalue weighted by molar-refractivity contribution is 0.424. The number of nitrogens with two attached hydrogens (primary N) is 1. The van der Waals surface area contributed by atoms with Crippen molar-refractivity contribution in [2.45, 2.75) is 6.42 Å². The Morgan fingerprint density at radius 2 is 1.86 bits per heavy atom. The molecule has 0 amide bonds. The molecule has 0 atom stereocenters. The monoisotopic (exact) mass is 288 g/mol. The molecule has 0 saturated carbocycles. The van der Waals surface area contributed by atoms with Crippen molar-refractivity contribution < 1.29 is 13.3 Å². The third-order valence-electron chi connectivity index (χ3n) is 2.78. The van der Waals surface area contributed by atoms with Crippen molar-refractivity contribution in [2.24, 2.45) is 0 Å². The van der Waals surface area contributed by atoms with Gasteiger partial charge in [-0.05, 0) is 29.8 Å². The molecule has 2 heterocycles. The second kappa shape index (κ2) is 5.28. The van der Waals surface area contributed by atoms with Crippen LogP contribution in [0.3, 0.4) is 0 Å². The van der Waals surface area contributed by atoms with Gasteiger partial charge in [-0.15, -0.1) is 0 Å². The lowest BCUT2D eigenvalue weighted by Crippen LogP contribution is -1.93. The number of pyridine rings is 1. The Bertz CT molecular complexity index is 768. The molecule has 5 nitrogen and oxygen atoms in total. The molecule has 0 spiro atoms. The summed E-state index contributed by atoms with van der Waals surface area (Å²) in [5.41, 5.74) is 6.63. The average molecular weight is 288 g/mol. The molecule has 2 aromatic heterocycles. The molecule has 0 aliphatic heterocycles. The summed E-state index contributed by atoms with van der Waals surface area (Å²) in [5.74, 6) is -0.355. The van der Waals surface area contributed by atoms with Gasteiger partial charge in [0.05, 0.1) is 0 Å². The van der Waals surface area contributed by atoms with Gasteiger partial charge in [0.1, 0.15) is 17.5 Å². The maximum atomic E-state index is 13.1. The molecule has 0 aliphatic rings. The molecule has 106 valence electrons. The van der Waals surface area contributed by atoms with Gasteiger partial charge in [-0.25, -0.2) is 13.8 Å². The number of nitrogens with zero attached hydrogens (tertiary/aromatic N) is 3. The summed E-state index contributed by atoms with van der Waals surface area (Å²) in [5, 5.41) is 3.78. The molecular weight excluding hydrogens is 278 g/mol. The maximum absolute atomic E-state index is 13.1. The largest absolute Gasteiger partial charge is 0.384 e. The molecule has 1 aromatic carbocycles. The first-order valence-corrected chi connectivity index (χ1v) is 6.09. The van der Waals surface area contributed by atoms with Crippen LogP contribution in [0, 0.1) is 11.6 Å². The highest BCUT2D eigenvalue weighted by atomic mass is 19.1. The summed E-state index contributed by atoms with van der Waals surface area (Å²) in [7, 11) is 0. The van der Waals surface area contributed by atoms with Crippen molar-refractivity contribution in [2.75, 3.05) is 5.73 Å². The van der Waals surface area contributed by atoms with Crippen molar-refractivity contribution in [3.05, 3.63) is 59.6 Å². The molecule has 0 bridgehead atoms. The van der Waals surface area contributed by atoms with Gasteiger partial charge in [-0.3, -0.25) is 0 Å². The third-order valence-corrected chi connectivity index (χ3v) is 2.78. The Balaban J connectivity index is 1.85. The summed E-state index contributed by atoms with van der Waals surface area (Å²) in [4.78, 5) is 8.03.